The standard InChI is InChI=1S/C10H20N2O/c1-3-5-10(13-4-2)12-8-6-11-7-9-12/h5,11H,3-4,6-9H2,1-2H3/b10-5-. The van der Waals surface area contributed by atoms with E-state index in [-0.39, 0.29) is 0 Å². The molecule has 76 valence electrons. The predicted octanol–water partition coefficient (Wildman–Crippen LogP) is 1.18. The van der Waals surface area contributed by atoms with Crippen LogP contribution in [-0.4, -0.2) is 37.7 Å². The average Bonchev–Trinajstić information content (AvgIpc) is 2.19. The van der Waals surface area contributed by atoms with Crippen LogP contribution >= 0.6 is 0 Å². The van der Waals surface area contributed by atoms with Crippen molar-refractivity contribution in [1.29, 1.82) is 0 Å². The first-order valence-corrected chi connectivity index (χ1v) is 5.17. The summed E-state index contributed by atoms with van der Waals surface area (Å²) in [5, 5.41) is 3.33. The Morgan fingerprint density at radius 1 is 1.38 bits per heavy atom. The van der Waals surface area contributed by atoms with Gasteiger partial charge in [0.2, 0.25) is 0 Å². The van der Waals surface area contributed by atoms with Crippen molar-refractivity contribution >= 4 is 0 Å². The number of allylic oxidation sites excluding steroid dienone is 1. The maximum Gasteiger partial charge on any atom is 0.185 e. The number of ether oxygens (including phenoxy) is 1. The molecule has 0 bridgehead atoms. The third kappa shape index (κ3) is 3.27. The normalized spacial score (nSPS) is 18.9. The number of piperazine rings is 1. The van der Waals surface area contributed by atoms with E-state index in [0.29, 0.717) is 0 Å². The Kier molecular flexibility index (Phi) is 4.68. The van der Waals surface area contributed by atoms with Crippen molar-refractivity contribution in [2.75, 3.05) is 32.8 Å². The average molecular weight is 184 g/mol. The zero-order valence-electron chi connectivity index (χ0n) is 8.68. The minimum atomic E-state index is 0.760. The topological polar surface area (TPSA) is 24.5 Å². The molecular formula is C10H20N2O. The summed E-state index contributed by atoms with van der Waals surface area (Å²) < 4.78 is 5.58. The highest BCUT2D eigenvalue weighted by atomic mass is 16.5. The fourth-order valence-corrected chi connectivity index (χ4v) is 1.49. The van der Waals surface area contributed by atoms with Gasteiger partial charge in [0.05, 0.1) is 6.61 Å². The third-order valence-corrected chi connectivity index (χ3v) is 2.10. The van der Waals surface area contributed by atoms with Crippen LogP contribution in [0, 0.1) is 0 Å². The molecule has 1 fully saturated rings. The van der Waals surface area contributed by atoms with Crippen LogP contribution in [0.15, 0.2) is 12.0 Å². The molecule has 0 atom stereocenters. The third-order valence-electron chi connectivity index (χ3n) is 2.10. The van der Waals surface area contributed by atoms with Crippen molar-refractivity contribution in [2.24, 2.45) is 0 Å². The highest BCUT2D eigenvalue weighted by Gasteiger charge is 2.12. The van der Waals surface area contributed by atoms with Gasteiger partial charge in [0.1, 0.15) is 0 Å². The first kappa shape index (κ1) is 10.4. The Labute approximate surface area is 80.8 Å². The molecule has 0 radical (unpaired) electrons. The number of rotatable bonds is 4. The van der Waals surface area contributed by atoms with Gasteiger partial charge in [-0.05, 0) is 19.4 Å². The molecule has 0 spiro atoms. The molecule has 3 nitrogen and oxygen atoms in total. The van der Waals surface area contributed by atoms with Crippen molar-refractivity contribution in [3.63, 3.8) is 0 Å². The van der Waals surface area contributed by atoms with E-state index in [2.05, 4.69) is 23.2 Å². The Hall–Kier alpha value is -0.700. The fraction of sp³-hybridized carbons (Fsp3) is 0.800. The van der Waals surface area contributed by atoms with Crippen LogP contribution in [0.5, 0.6) is 0 Å². The zero-order valence-corrected chi connectivity index (χ0v) is 8.68. The molecule has 0 aromatic rings. The molecule has 1 heterocycles. The van der Waals surface area contributed by atoms with Crippen LogP contribution in [-0.2, 0) is 4.74 Å². The van der Waals surface area contributed by atoms with Crippen LogP contribution in [0.1, 0.15) is 20.3 Å². The van der Waals surface area contributed by atoms with Gasteiger partial charge in [0, 0.05) is 26.2 Å². The van der Waals surface area contributed by atoms with Crippen molar-refractivity contribution in [3.8, 4) is 0 Å². The van der Waals surface area contributed by atoms with E-state index in [0.717, 1.165) is 45.1 Å². The molecule has 0 saturated carbocycles. The van der Waals surface area contributed by atoms with Gasteiger partial charge in [-0.15, -0.1) is 0 Å². The van der Waals surface area contributed by atoms with Crippen molar-refractivity contribution in [3.05, 3.63) is 12.0 Å². The Bertz CT molecular complexity index is 162. The summed E-state index contributed by atoms with van der Waals surface area (Å²) in [7, 11) is 0. The van der Waals surface area contributed by atoms with Crippen molar-refractivity contribution < 1.29 is 4.74 Å². The van der Waals surface area contributed by atoms with Gasteiger partial charge in [0.15, 0.2) is 5.88 Å². The van der Waals surface area contributed by atoms with Gasteiger partial charge in [-0.25, -0.2) is 0 Å². The molecule has 0 aromatic carbocycles. The highest BCUT2D eigenvalue weighted by Crippen LogP contribution is 2.08. The quantitative estimate of drug-likeness (QED) is 0.664. The van der Waals surface area contributed by atoms with E-state index in [4.69, 9.17) is 4.74 Å². The molecule has 0 unspecified atom stereocenters. The Balaban J connectivity index is 2.46. The number of nitrogens with one attached hydrogen (secondary N) is 1. The van der Waals surface area contributed by atoms with E-state index < -0.39 is 0 Å². The first-order valence-electron chi connectivity index (χ1n) is 5.17. The van der Waals surface area contributed by atoms with E-state index in [1.54, 1.807) is 0 Å². The second-order valence-corrected chi connectivity index (χ2v) is 3.12. The molecule has 3 heteroatoms. The fourth-order valence-electron chi connectivity index (χ4n) is 1.49. The van der Waals surface area contributed by atoms with Gasteiger partial charge >= 0.3 is 0 Å². The van der Waals surface area contributed by atoms with E-state index in [9.17, 15) is 0 Å². The lowest BCUT2D eigenvalue weighted by Crippen LogP contribution is -2.43. The summed E-state index contributed by atoms with van der Waals surface area (Å²) >= 11 is 0. The second kappa shape index (κ2) is 5.86. The first-order chi connectivity index (χ1) is 6.38. The molecular weight excluding hydrogens is 164 g/mol. The maximum atomic E-state index is 5.58. The molecule has 1 rings (SSSR count). The SMILES string of the molecule is CC/C=C(\OCC)N1CCNCC1. The lowest BCUT2D eigenvalue weighted by atomic mass is 10.3. The minimum absolute atomic E-state index is 0.760. The van der Waals surface area contributed by atoms with E-state index in [1.807, 2.05) is 6.92 Å². The van der Waals surface area contributed by atoms with Crippen molar-refractivity contribution in [1.82, 2.24) is 10.2 Å². The monoisotopic (exact) mass is 184 g/mol. The highest BCUT2D eigenvalue weighted by molar-refractivity contribution is 4.94. The number of hydrogen-bond acceptors (Lipinski definition) is 3. The maximum absolute atomic E-state index is 5.58. The minimum Gasteiger partial charge on any atom is -0.480 e. The summed E-state index contributed by atoms with van der Waals surface area (Å²) in [4.78, 5) is 2.31. The lowest BCUT2D eigenvalue weighted by Gasteiger charge is -2.30. The zero-order chi connectivity index (χ0) is 9.52. The molecule has 1 N–H and O–H groups in total. The smallest absolute Gasteiger partial charge is 0.185 e. The van der Waals surface area contributed by atoms with Gasteiger partial charge in [-0.1, -0.05) is 6.92 Å². The van der Waals surface area contributed by atoms with Gasteiger partial charge in [0.25, 0.3) is 0 Å². The Morgan fingerprint density at radius 2 is 2.08 bits per heavy atom. The van der Waals surface area contributed by atoms with Crippen LogP contribution in [0.2, 0.25) is 0 Å². The summed E-state index contributed by atoms with van der Waals surface area (Å²) in [6.45, 7) is 9.18. The molecule has 1 saturated heterocycles. The van der Waals surface area contributed by atoms with Crippen LogP contribution in [0.4, 0.5) is 0 Å². The molecule has 1 aliphatic heterocycles. The lowest BCUT2D eigenvalue weighted by molar-refractivity contribution is 0.111. The van der Waals surface area contributed by atoms with Gasteiger partial charge in [-0.3, -0.25) is 0 Å². The molecule has 1 aliphatic rings. The number of hydrogen-bond donors (Lipinski definition) is 1. The number of nitrogens with zero attached hydrogens (tertiary/aromatic N) is 1. The second-order valence-electron chi connectivity index (χ2n) is 3.12. The summed E-state index contributed by atoms with van der Waals surface area (Å²) in [5.41, 5.74) is 0. The van der Waals surface area contributed by atoms with E-state index in [1.165, 1.54) is 0 Å². The molecule has 0 amide bonds. The Morgan fingerprint density at radius 3 is 2.62 bits per heavy atom. The van der Waals surface area contributed by atoms with Crippen molar-refractivity contribution in [2.45, 2.75) is 20.3 Å². The molecule has 0 aromatic heterocycles. The van der Waals surface area contributed by atoms with Gasteiger partial charge < -0.3 is 15.0 Å². The summed E-state index contributed by atoms with van der Waals surface area (Å²) in [6.07, 6.45) is 3.20. The summed E-state index contributed by atoms with van der Waals surface area (Å²) in [5.74, 6) is 1.06. The molecule has 13 heavy (non-hydrogen) atoms. The predicted molar refractivity (Wildman–Crippen MR) is 54.4 cm³/mol. The van der Waals surface area contributed by atoms with Gasteiger partial charge in [-0.2, -0.15) is 0 Å². The van der Waals surface area contributed by atoms with Crippen LogP contribution in [0.3, 0.4) is 0 Å². The van der Waals surface area contributed by atoms with E-state index >= 15 is 0 Å². The van der Waals surface area contributed by atoms with Crippen LogP contribution < -0.4 is 5.32 Å². The largest absolute Gasteiger partial charge is 0.480 e. The van der Waals surface area contributed by atoms with Crippen LogP contribution in [0.25, 0.3) is 0 Å². The molecule has 0 aliphatic carbocycles. The summed E-state index contributed by atoms with van der Waals surface area (Å²) in [6, 6.07) is 0.